The monoisotopic (exact) mass is 273 g/mol. The lowest BCUT2D eigenvalue weighted by molar-refractivity contribution is -0.00281. The van der Waals surface area contributed by atoms with E-state index in [1.54, 1.807) is 6.42 Å². The molecule has 3 heteroatoms. The largest absolute Gasteiger partial charge is 0.315 e. The van der Waals surface area contributed by atoms with Crippen LogP contribution in [0, 0.1) is 23.7 Å². The summed E-state index contributed by atoms with van der Waals surface area (Å²) in [6.07, 6.45) is 12.0. The Morgan fingerprint density at radius 2 is 1.85 bits per heavy atom. The van der Waals surface area contributed by atoms with Crippen LogP contribution in [0.4, 0.5) is 0 Å². The van der Waals surface area contributed by atoms with Crippen molar-refractivity contribution in [2.24, 2.45) is 23.7 Å². The maximum Gasteiger partial charge on any atom is 0.0559 e. The van der Waals surface area contributed by atoms with Gasteiger partial charge >= 0.3 is 0 Å². The van der Waals surface area contributed by atoms with Gasteiger partial charge in [-0.3, -0.25) is 4.68 Å². The Labute approximate surface area is 122 Å². The number of nitrogens with one attached hydrogen (secondary N) is 1. The van der Waals surface area contributed by atoms with Crippen molar-refractivity contribution in [1.82, 2.24) is 15.1 Å². The highest BCUT2D eigenvalue weighted by Gasteiger charge is 2.48. The zero-order valence-electron chi connectivity index (χ0n) is 12.8. The zero-order chi connectivity index (χ0) is 13.7. The Kier molecular flexibility index (Phi) is 3.13. The van der Waals surface area contributed by atoms with Crippen molar-refractivity contribution < 1.29 is 0 Å². The molecule has 1 unspecified atom stereocenters. The highest BCUT2D eigenvalue weighted by molar-refractivity contribution is 5.19. The average Bonchev–Trinajstić information content (AvgIpc) is 2.85. The van der Waals surface area contributed by atoms with Gasteiger partial charge < -0.3 is 5.32 Å². The number of aromatic nitrogens is 2. The lowest BCUT2D eigenvalue weighted by Crippen LogP contribution is -2.43. The number of rotatable bonds is 4. The number of nitrogens with zero attached hydrogens (tertiary/aromatic N) is 2. The summed E-state index contributed by atoms with van der Waals surface area (Å²) in [7, 11) is 2.02. The molecule has 4 fully saturated rings. The first kappa shape index (κ1) is 12.9. The Hall–Kier alpha value is -0.830. The third-order valence-electron chi connectivity index (χ3n) is 6.22. The molecule has 3 nitrogen and oxygen atoms in total. The fourth-order valence-electron chi connectivity index (χ4n) is 5.49. The third-order valence-corrected chi connectivity index (χ3v) is 6.22. The van der Waals surface area contributed by atoms with Gasteiger partial charge in [-0.05, 0) is 81.2 Å². The minimum absolute atomic E-state index is 0.487. The van der Waals surface area contributed by atoms with E-state index >= 15 is 0 Å². The van der Waals surface area contributed by atoms with Gasteiger partial charge in [0.25, 0.3) is 0 Å². The molecule has 4 saturated carbocycles. The Balaban J connectivity index is 1.53. The van der Waals surface area contributed by atoms with Crippen LogP contribution in [0.1, 0.15) is 50.5 Å². The Morgan fingerprint density at radius 3 is 2.45 bits per heavy atom. The average molecular weight is 273 g/mol. The van der Waals surface area contributed by atoms with Crippen LogP contribution in [-0.4, -0.2) is 22.9 Å². The van der Waals surface area contributed by atoms with Crippen molar-refractivity contribution in [3.05, 3.63) is 18.0 Å². The van der Waals surface area contributed by atoms with Crippen LogP contribution in [0.15, 0.2) is 12.4 Å². The summed E-state index contributed by atoms with van der Waals surface area (Å²) >= 11 is 0. The van der Waals surface area contributed by atoms with E-state index in [1.807, 2.05) is 7.05 Å². The molecule has 4 bridgehead atoms. The molecule has 4 aliphatic rings. The van der Waals surface area contributed by atoms with Crippen LogP contribution in [0.25, 0.3) is 0 Å². The van der Waals surface area contributed by atoms with Crippen LogP contribution in [0.3, 0.4) is 0 Å². The van der Waals surface area contributed by atoms with Crippen molar-refractivity contribution in [2.45, 2.75) is 57.5 Å². The van der Waals surface area contributed by atoms with E-state index in [2.05, 4.69) is 34.4 Å². The van der Waals surface area contributed by atoms with E-state index in [4.69, 9.17) is 0 Å². The minimum Gasteiger partial charge on any atom is -0.315 e. The molecular weight excluding hydrogens is 246 g/mol. The minimum atomic E-state index is 0.487. The van der Waals surface area contributed by atoms with Gasteiger partial charge in [0.15, 0.2) is 0 Å². The first-order valence-corrected chi connectivity index (χ1v) is 8.42. The molecule has 20 heavy (non-hydrogen) atoms. The predicted molar refractivity (Wildman–Crippen MR) is 80.5 cm³/mol. The molecule has 0 aromatic carbocycles. The number of likely N-dealkylation sites (N-methyl/N-ethyl adjacent to an activating group) is 1. The van der Waals surface area contributed by atoms with Crippen LogP contribution in [-0.2, 0) is 6.54 Å². The second-order valence-electron chi connectivity index (χ2n) is 7.64. The molecule has 110 valence electrons. The molecule has 1 N–H and O–H groups in total. The van der Waals surface area contributed by atoms with Gasteiger partial charge in [-0.1, -0.05) is 0 Å². The highest BCUT2D eigenvalue weighted by Crippen LogP contribution is 2.59. The van der Waals surface area contributed by atoms with Crippen LogP contribution >= 0.6 is 0 Å². The molecule has 0 spiro atoms. The second kappa shape index (κ2) is 4.87. The van der Waals surface area contributed by atoms with E-state index in [0.717, 1.165) is 36.1 Å². The summed E-state index contributed by atoms with van der Waals surface area (Å²) in [4.78, 5) is 0. The lowest BCUT2D eigenvalue weighted by Gasteiger charge is -2.54. The van der Waals surface area contributed by atoms with E-state index in [9.17, 15) is 0 Å². The lowest BCUT2D eigenvalue weighted by atomic mass is 9.51. The van der Waals surface area contributed by atoms with Gasteiger partial charge in [0.05, 0.1) is 12.7 Å². The quantitative estimate of drug-likeness (QED) is 0.914. The van der Waals surface area contributed by atoms with Crippen molar-refractivity contribution in [3.8, 4) is 0 Å². The molecule has 0 saturated heterocycles. The molecule has 1 aromatic rings. The van der Waals surface area contributed by atoms with E-state index in [0.29, 0.717) is 6.04 Å². The second-order valence-corrected chi connectivity index (χ2v) is 7.64. The summed E-state index contributed by atoms with van der Waals surface area (Å²) in [5.41, 5.74) is 1.53. The fourth-order valence-corrected chi connectivity index (χ4v) is 5.49. The highest BCUT2D eigenvalue weighted by atomic mass is 15.3. The summed E-state index contributed by atoms with van der Waals surface area (Å²) in [5, 5.41) is 7.91. The normalized spacial score (nSPS) is 40.2. The molecule has 1 atom stereocenters. The summed E-state index contributed by atoms with van der Waals surface area (Å²) < 4.78 is 2.14. The van der Waals surface area contributed by atoms with Crippen LogP contribution in [0.5, 0.6) is 0 Å². The van der Waals surface area contributed by atoms with Gasteiger partial charge in [0.2, 0.25) is 0 Å². The van der Waals surface area contributed by atoms with Gasteiger partial charge in [-0.15, -0.1) is 0 Å². The van der Waals surface area contributed by atoms with Crippen molar-refractivity contribution >= 4 is 0 Å². The van der Waals surface area contributed by atoms with Crippen LogP contribution in [0.2, 0.25) is 0 Å². The molecular formula is C17H27N3. The molecule has 0 amide bonds. The summed E-state index contributed by atoms with van der Waals surface area (Å²) in [6, 6.07) is 0.487. The molecule has 0 radical (unpaired) electrons. The molecule has 0 aliphatic heterocycles. The fraction of sp³-hybridized carbons (Fsp3) is 0.824. The van der Waals surface area contributed by atoms with Gasteiger partial charge in [0, 0.05) is 12.2 Å². The topological polar surface area (TPSA) is 29.9 Å². The smallest absolute Gasteiger partial charge is 0.0559 e. The van der Waals surface area contributed by atoms with E-state index in [-0.39, 0.29) is 0 Å². The predicted octanol–water partition coefficient (Wildman–Crippen LogP) is 3.03. The third kappa shape index (κ3) is 2.11. The first-order valence-electron chi connectivity index (χ1n) is 8.42. The summed E-state index contributed by atoms with van der Waals surface area (Å²) in [6.45, 7) is 3.19. The van der Waals surface area contributed by atoms with Crippen molar-refractivity contribution in [1.29, 1.82) is 0 Å². The molecule has 4 aliphatic carbocycles. The van der Waals surface area contributed by atoms with E-state index < -0.39 is 0 Å². The molecule has 1 heterocycles. The van der Waals surface area contributed by atoms with Gasteiger partial charge in [-0.25, -0.2) is 0 Å². The molecule has 1 aromatic heterocycles. The Morgan fingerprint density at radius 1 is 1.20 bits per heavy atom. The SMILES string of the molecule is CNC(C)Cn1cc(C2C3CC4CC(C3)CC2C4)cn1. The number of hydrogen-bond donors (Lipinski definition) is 1. The van der Waals surface area contributed by atoms with Gasteiger partial charge in [-0.2, -0.15) is 5.10 Å². The maximum atomic E-state index is 4.61. The van der Waals surface area contributed by atoms with Crippen LogP contribution < -0.4 is 5.32 Å². The summed E-state index contributed by atoms with van der Waals surface area (Å²) in [5.74, 6) is 4.87. The maximum absolute atomic E-state index is 4.61. The first-order chi connectivity index (χ1) is 9.72. The Bertz CT molecular complexity index is 450. The van der Waals surface area contributed by atoms with Crippen molar-refractivity contribution in [3.63, 3.8) is 0 Å². The van der Waals surface area contributed by atoms with Gasteiger partial charge in [0.1, 0.15) is 0 Å². The number of hydrogen-bond acceptors (Lipinski definition) is 2. The standard InChI is InChI=1S/C17H27N3/c1-11(18-2)9-20-10-16(8-19-20)17-14-4-12-3-13(6-14)7-15(17)5-12/h8,10-15,17-18H,3-7,9H2,1-2H3. The van der Waals surface area contributed by atoms with E-state index in [1.165, 1.54) is 31.2 Å². The van der Waals surface area contributed by atoms with Crippen molar-refractivity contribution in [2.75, 3.05) is 7.05 Å². The molecule has 5 rings (SSSR count). The zero-order valence-corrected chi connectivity index (χ0v) is 12.8.